The summed E-state index contributed by atoms with van der Waals surface area (Å²) in [5.74, 6) is -0.678. The SMILES string of the molecule is COC(=O)CC(NC(=O)c1nn(CC(C)C)c(=O)c2ccccc12)c1cccs1. The molecule has 29 heavy (non-hydrogen) atoms. The van der Waals surface area contributed by atoms with Crippen molar-refractivity contribution in [1.29, 1.82) is 0 Å². The molecule has 0 bridgehead atoms. The highest BCUT2D eigenvalue weighted by molar-refractivity contribution is 7.10. The van der Waals surface area contributed by atoms with Gasteiger partial charge in [-0.15, -0.1) is 11.3 Å². The van der Waals surface area contributed by atoms with E-state index in [4.69, 9.17) is 4.74 Å². The molecule has 7 nitrogen and oxygen atoms in total. The van der Waals surface area contributed by atoms with Crippen molar-refractivity contribution in [3.05, 3.63) is 62.7 Å². The molecule has 1 amide bonds. The fourth-order valence-corrected chi connectivity index (χ4v) is 3.84. The zero-order chi connectivity index (χ0) is 21.0. The lowest BCUT2D eigenvalue weighted by Gasteiger charge is -2.18. The van der Waals surface area contributed by atoms with Crippen LogP contribution < -0.4 is 10.9 Å². The molecular weight excluding hydrogens is 390 g/mol. The van der Waals surface area contributed by atoms with Crippen LogP contribution in [0.15, 0.2) is 46.6 Å². The molecule has 152 valence electrons. The summed E-state index contributed by atoms with van der Waals surface area (Å²) < 4.78 is 6.10. The van der Waals surface area contributed by atoms with Crippen LogP contribution in [-0.4, -0.2) is 28.8 Å². The van der Waals surface area contributed by atoms with Crippen LogP contribution >= 0.6 is 11.3 Å². The molecule has 0 aliphatic carbocycles. The van der Waals surface area contributed by atoms with E-state index >= 15 is 0 Å². The van der Waals surface area contributed by atoms with Gasteiger partial charge in [-0.1, -0.05) is 38.1 Å². The Balaban J connectivity index is 2.02. The van der Waals surface area contributed by atoms with Gasteiger partial charge in [0.25, 0.3) is 11.5 Å². The predicted molar refractivity (Wildman–Crippen MR) is 112 cm³/mol. The van der Waals surface area contributed by atoms with Gasteiger partial charge in [-0.25, -0.2) is 4.68 Å². The van der Waals surface area contributed by atoms with E-state index in [1.54, 1.807) is 24.3 Å². The van der Waals surface area contributed by atoms with E-state index in [9.17, 15) is 14.4 Å². The monoisotopic (exact) mass is 413 g/mol. The Morgan fingerprint density at radius 2 is 1.90 bits per heavy atom. The van der Waals surface area contributed by atoms with Crippen LogP contribution in [0.5, 0.6) is 0 Å². The first-order chi connectivity index (χ1) is 13.9. The highest BCUT2D eigenvalue weighted by Crippen LogP contribution is 2.23. The van der Waals surface area contributed by atoms with E-state index in [1.165, 1.54) is 23.1 Å². The average molecular weight is 413 g/mol. The van der Waals surface area contributed by atoms with Crippen LogP contribution in [-0.2, 0) is 16.1 Å². The number of aromatic nitrogens is 2. The maximum Gasteiger partial charge on any atom is 0.307 e. The summed E-state index contributed by atoms with van der Waals surface area (Å²) in [5.41, 5.74) is -0.0671. The van der Waals surface area contributed by atoms with Crippen molar-refractivity contribution in [2.75, 3.05) is 7.11 Å². The minimum absolute atomic E-state index is 0.00627. The molecule has 1 atom stereocenters. The Kier molecular flexibility index (Phi) is 6.43. The smallest absolute Gasteiger partial charge is 0.307 e. The first-order valence-electron chi connectivity index (χ1n) is 9.31. The molecule has 3 aromatic rings. The normalized spacial score (nSPS) is 12.1. The van der Waals surface area contributed by atoms with Gasteiger partial charge in [0, 0.05) is 16.8 Å². The molecule has 1 unspecified atom stereocenters. The van der Waals surface area contributed by atoms with E-state index in [1.807, 2.05) is 31.4 Å². The summed E-state index contributed by atoms with van der Waals surface area (Å²) >= 11 is 1.44. The largest absolute Gasteiger partial charge is 0.469 e. The van der Waals surface area contributed by atoms with E-state index in [0.29, 0.717) is 17.3 Å². The number of fused-ring (bicyclic) bond motifs is 1. The summed E-state index contributed by atoms with van der Waals surface area (Å²) in [4.78, 5) is 38.6. The van der Waals surface area contributed by atoms with Crippen molar-refractivity contribution in [3.8, 4) is 0 Å². The second kappa shape index (κ2) is 9.00. The molecule has 2 heterocycles. The van der Waals surface area contributed by atoms with Crippen LogP contribution in [0.25, 0.3) is 10.8 Å². The maximum absolute atomic E-state index is 13.1. The quantitative estimate of drug-likeness (QED) is 0.601. The van der Waals surface area contributed by atoms with Crippen molar-refractivity contribution >= 4 is 34.0 Å². The van der Waals surface area contributed by atoms with Gasteiger partial charge < -0.3 is 10.1 Å². The molecule has 1 N–H and O–H groups in total. The Hall–Kier alpha value is -3.00. The molecule has 0 aliphatic heterocycles. The first kappa shape index (κ1) is 20.7. The number of nitrogens with zero attached hydrogens (tertiary/aromatic N) is 2. The number of methoxy groups -OCH3 is 1. The zero-order valence-corrected chi connectivity index (χ0v) is 17.4. The Morgan fingerprint density at radius 1 is 1.17 bits per heavy atom. The Labute approximate surface area is 172 Å². The van der Waals surface area contributed by atoms with Gasteiger partial charge in [0.05, 0.1) is 25.0 Å². The average Bonchev–Trinajstić information content (AvgIpc) is 3.24. The number of hydrogen-bond acceptors (Lipinski definition) is 6. The second-order valence-corrected chi connectivity index (χ2v) is 8.08. The molecule has 0 radical (unpaired) electrons. The fourth-order valence-electron chi connectivity index (χ4n) is 3.06. The molecule has 0 saturated heterocycles. The van der Waals surface area contributed by atoms with Crippen LogP contribution in [0, 0.1) is 5.92 Å². The number of hydrogen-bond donors (Lipinski definition) is 1. The number of thiophene rings is 1. The van der Waals surface area contributed by atoms with Crippen molar-refractivity contribution in [2.24, 2.45) is 5.92 Å². The summed E-state index contributed by atoms with van der Waals surface area (Å²) in [6.07, 6.45) is 0.00627. The van der Waals surface area contributed by atoms with Crippen LogP contribution in [0.2, 0.25) is 0 Å². The van der Waals surface area contributed by atoms with Crippen LogP contribution in [0.3, 0.4) is 0 Å². The number of nitrogens with one attached hydrogen (secondary N) is 1. The summed E-state index contributed by atoms with van der Waals surface area (Å²) in [7, 11) is 1.31. The number of carbonyl (C=O) groups excluding carboxylic acids is 2. The third kappa shape index (κ3) is 4.71. The molecule has 0 fully saturated rings. The minimum Gasteiger partial charge on any atom is -0.469 e. The van der Waals surface area contributed by atoms with Gasteiger partial charge in [0.1, 0.15) is 0 Å². The Morgan fingerprint density at radius 3 is 2.52 bits per heavy atom. The van der Waals surface area contributed by atoms with Gasteiger partial charge in [0.2, 0.25) is 0 Å². The summed E-state index contributed by atoms with van der Waals surface area (Å²) in [6, 6.07) is 10.1. The first-order valence-corrected chi connectivity index (χ1v) is 10.2. The lowest BCUT2D eigenvalue weighted by Crippen LogP contribution is -2.34. The van der Waals surface area contributed by atoms with Crippen LogP contribution in [0.4, 0.5) is 0 Å². The molecule has 2 aromatic heterocycles. The van der Waals surface area contributed by atoms with E-state index in [0.717, 1.165) is 4.88 Å². The number of ether oxygens (including phenoxy) is 1. The number of esters is 1. The second-order valence-electron chi connectivity index (χ2n) is 7.10. The predicted octanol–water partition coefficient (Wildman–Crippen LogP) is 3.15. The van der Waals surface area contributed by atoms with Gasteiger partial charge in [-0.2, -0.15) is 5.10 Å². The van der Waals surface area contributed by atoms with Crippen molar-refractivity contribution in [1.82, 2.24) is 15.1 Å². The van der Waals surface area contributed by atoms with E-state index in [2.05, 4.69) is 10.4 Å². The molecular formula is C21H23N3O4S. The topological polar surface area (TPSA) is 90.3 Å². The minimum atomic E-state index is -0.541. The number of amides is 1. The number of rotatable bonds is 7. The lowest BCUT2D eigenvalue weighted by molar-refractivity contribution is -0.141. The molecule has 0 spiro atoms. The lowest BCUT2D eigenvalue weighted by atomic mass is 10.1. The number of carbonyl (C=O) groups is 2. The highest BCUT2D eigenvalue weighted by atomic mass is 32.1. The third-order valence-corrected chi connectivity index (χ3v) is 5.40. The van der Waals surface area contributed by atoms with Gasteiger partial charge in [0.15, 0.2) is 5.69 Å². The molecule has 3 rings (SSSR count). The maximum atomic E-state index is 13.1. The summed E-state index contributed by atoms with van der Waals surface area (Å²) in [6.45, 7) is 4.36. The van der Waals surface area contributed by atoms with E-state index < -0.39 is 17.9 Å². The van der Waals surface area contributed by atoms with E-state index in [-0.39, 0.29) is 23.6 Å². The van der Waals surface area contributed by atoms with Gasteiger partial charge in [-0.05, 0) is 23.4 Å². The van der Waals surface area contributed by atoms with Gasteiger partial charge >= 0.3 is 5.97 Å². The molecule has 0 aliphatic rings. The van der Waals surface area contributed by atoms with Gasteiger partial charge in [-0.3, -0.25) is 14.4 Å². The van der Waals surface area contributed by atoms with Crippen molar-refractivity contribution in [3.63, 3.8) is 0 Å². The third-order valence-electron chi connectivity index (χ3n) is 4.41. The van der Waals surface area contributed by atoms with Crippen molar-refractivity contribution < 1.29 is 14.3 Å². The highest BCUT2D eigenvalue weighted by Gasteiger charge is 2.23. The number of benzene rings is 1. The standard InChI is InChI=1S/C21H23N3O4S/c1-13(2)12-24-21(27)15-8-5-4-7-14(15)19(23-24)20(26)22-16(11-18(25)28-3)17-9-6-10-29-17/h4-10,13,16H,11-12H2,1-3H3,(H,22,26). The molecule has 0 saturated carbocycles. The van der Waals surface area contributed by atoms with Crippen molar-refractivity contribution in [2.45, 2.75) is 32.9 Å². The van der Waals surface area contributed by atoms with Crippen LogP contribution in [0.1, 0.15) is 41.7 Å². The molecule has 1 aromatic carbocycles. The summed E-state index contributed by atoms with van der Waals surface area (Å²) in [5, 5.41) is 10.0. The Bertz CT molecular complexity index is 1070. The zero-order valence-electron chi connectivity index (χ0n) is 16.5. The molecule has 8 heteroatoms. The fraction of sp³-hybridized carbons (Fsp3) is 0.333.